The lowest BCUT2D eigenvalue weighted by atomic mass is 10.0. The number of carbonyl (C=O) groups is 4. The number of likely N-dealkylation sites (tertiary alicyclic amines) is 1. The molecular weight excluding hydrogens is 725 g/mol. The monoisotopic (exact) mass is 765 g/mol. The maximum Gasteiger partial charge on any atom is 0.339 e. The molecule has 1 amide bonds. The highest BCUT2D eigenvalue weighted by atomic mass is 35.5. The van der Waals surface area contributed by atoms with E-state index in [0.717, 1.165) is 45.0 Å². The number of hydrogen-bond acceptors (Lipinski definition) is 12. The third-order valence-electron chi connectivity index (χ3n) is 8.04. The quantitative estimate of drug-likeness (QED) is 0.0428. The number of aromatic carboxylic acids is 1. The van der Waals surface area contributed by atoms with E-state index in [9.17, 15) is 23.6 Å². The molecule has 2 heterocycles. The first-order chi connectivity index (χ1) is 25.9. The lowest BCUT2D eigenvalue weighted by Crippen LogP contribution is -2.33. The van der Waals surface area contributed by atoms with E-state index in [0.29, 0.717) is 53.7 Å². The van der Waals surface area contributed by atoms with Crippen molar-refractivity contribution in [2.45, 2.75) is 26.7 Å². The lowest BCUT2D eigenvalue weighted by molar-refractivity contribution is -0.131. The normalized spacial score (nSPS) is 12.7. The highest BCUT2D eigenvalue weighted by Gasteiger charge is 2.20. The van der Waals surface area contributed by atoms with E-state index in [1.807, 2.05) is 0 Å². The van der Waals surface area contributed by atoms with Crippen molar-refractivity contribution in [2.75, 3.05) is 64.3 Å². The summed E-state index contributed by atoms with van der Waals surface area (Å²) in [5.41, 5.74) is 2.60. The predicted molar refractivity (Wildman–Crippen MR) is 201 cm³/mol. The molecule has 1 saturated heterocycles. The van der Waals surface area contributed by atoms with Crippen LogP contribution >= 0.6 is 11.6 Å². The SMILES string of the molecule is CC(=O)Oc1c(C(C)=O)cccc1C(=O)O.COCCOc1cc2ncnc(Nc3ccc(F)c(Cl)c3)c2cc1NC(=O)C=C1CCN(CCOC)CC1. The van der Waals surface area contributed by atoms with Crippen molar-refractivity contribution in [2.24, 2.45) is 0 Å². The van der Waals surface area contributed by atoms with Gasteiger partial charge in [0, 0.05) is 64.0 Å². The molecule has 0 saturated carbocycles. The number of aromatic nitrogens is 2. The number of nitrogens with zero attached hydrogens (tertiary/aromatic N) is 3. The zero-order valence-electron chi connectivity index (χ0n) is 30.2. The number of hydrogen-bond donors (Lipinski definition) is 3. The average Bonchev–Trinajstić information content (AvgIpc) is 3.13. The maximum atomic E-state index is 13.6. The van der Waals surface area contributed by atoms with E-state index in [2.05, 4.69) is 25.5 Å². The number of amides is 1. The number of Topliss-reactive ketones (excluding diaryl/α,β-unsaturated/α-hetero) is 1. The molecule has 3 aromatic carbocycles. The van der Waals surface area contributed by atoms with E-state index in [1.54, 1.807) is 38.5 Å². The Labute approximate surface area is 316 Å². The minimum atomic E-state index is -1.25. The van der Waals surface area contributed by atoms with Gasteiger partial charge in [0.1, 0.15) is 35.9 Å². The first-order valence-electron chi connectivity index (χ1n) is 16.8. The van der Waals surface area contributed by atoms with Gasteiger partial charge >= 0.3 is 11.9 Å². The highest BCUT2D eigenvalue weighted by molar-refractivity contribution is 6.31. The Balaban J connectivity index is 0.000000340. The fraction of sp³-hybridized carbons (Fsp3) is 0.316. The molecule has 286 valence electrons. The number of carboxylic acid groups (broad SMARTS) is 1. The summed E-state index contributed by atoms with van der Waals surface area (Å²) in [6.45, 7) is 6.47. The summed E-state index contributed by atoms with van der Waals surface area (Å²) in [5.74, 6) is -2.30. The fourth-order valence-electron chi connectivity index (χ4n) is 5.37. The van der Waals surface area contributed by atoms with Gasteiger partial charge in [0.2, 0.25) is 5.91 Å². The van der Waals surface area contributed by atoms with Crippen LogP contribution in [0.15, 0.2) is 66.5 Å². The van der Waals surface area contributed by atoms with Crippen molar-refractivity contribution in [1.29, 1.82) is 0 Å². The van der Waals surface area contributed by atoms with E-state index in [-0.39, 0.29) is 33.6 Å². The fourth-order valence-corrected chi connectivity index (χ4v) is 5.55. The second kappa shape index (κ2) is 20.1. The number of piperidine rings is 1. The molecule has 1 aromatic heterocycles. The number of carboxylic acids is 1. The molecule has 0 spiro atoms. The first-order valence-corrected chi connectivity index (χ1v) is 17.2. The number of carbonyl (C=O) groups excluding carboxylic acids is 3. The number of methoxy groups -OCH3 is 2. The van der Waals surface area contributed by atoms with Gasteiger partial charge in [0.05, 0.1) is 35.0 Å². The Morgan fingerprint density at radius 2 is 1.69 bits per heavy atom. The molecular formula is C38H41ClFN5O9. The standard InChI is InChI=1S/C27H31ClFN5O4.C11H10O5/c1-36-10-9-34-7-5-18(6-8-34)13-26(35)33-24-15-20-23(16-25(24)38-12-11-37-2)30-17-31-27(20)32-19-3-4-22(29)21(28)14-19;1-6(12)8-4-3-5-9(11(14)15)10(8)16-7(2)13/h3-4,13-17H,5-12H2,1-2H3,(H,33,35)(H,30,31,32);3-5H,1-2H3,(H,14,15). The molecule has 0 atom stereocenters. The second-order valence-electron chi connectivity index (χ2n) is 11.9. The van der Waals surface area contributed by atoms with Gasteiger partial charge in [-0.1, -0.05) is 23.2 Å². The van der Waals surface area contributed by atoms with Crippen LogP contribution in [0.5, 0.6) is 11.5 Å². The number of ether oxygens (including phenoxy) is 4. The number of esters is 1. The topological polar surface area (TPSA) is 179 Å². The summed E-state index contributed by atoms with van der Waals surface area (Å²) in [4.78, 5) is 57.0. The number of para-hydroxylation sites is 1. The zero-order chi connectivity index (χ0) is 39.2. The molecule has 3 N–H and O–H groups in total. The van der Waals surface area contributed by atoms with Crippen LogP contribution < -0.4 is 20.1 Å². The summed E-state index contributed by atoms with van der Waals surface area (Å²) in [7, 11) is 3.29. The summed E-state index contributed by atoms with van der Waals surface area (Å²) in [6.07, 6.45) is 4.73. The van der Waals surface area contributed by atoms with Crippen LogP contribution in [-0.2, 0) is 19.1 Å². The lowest BCUT2D eigenvalue weighted by Gasteiger charge is -2.27. The van der Waals surface area contributed by atoms with Crippen LogP contribution in [0, 0.1) is 5.82 Å². The van der Waals surface area contributed by atoms with Crippen LogP contribution in [-0.4, -0.2) is 97.3 Å². The molecule has 5 rings (SSSR count). The van der Waals surface area contributed by atoms with Crippen molar-refractivity contribution < 1.29 is 47.6 Å². The second-order valence-corrected chi connectivity index (χ2v) is 12.4. The van der Waals surface area contributed by atoms with Gasteiger partial charge in [-0.2, -0.15) is 0 Å². The smallest absolute Gasteiger partial charge is 0.339 e. The van der Waals surface area contributed by atoms with Gasteiger partial charge in [-0.3, -0.25) is 14.4 Å². The van der Waals surface area contributed by atoms with Gasteiger partial charge in [-0.15, -0.1) is 0 Å². The Kier molecular flexibility index (Phi) is 15.4. The molecule has 0 bridgehead atoms. The number of ketones is 1. The van der Waals surface area contributed by atoms with E-state index < -0.39 is 17.8 Å². The molecule has 1 fully saturated rings. The Bertz CT molecular complexity index is 1980. The van der Waals surface area contributed by atoms with Gasteiger partial charge in [-0.05, 0) is 56.2 Å². The number of halogens is 2. The Hall–Kier alpha value is -5.48. The summed E-state index contributed by atoms with van der Waals surface area (Å²) < 4.78 is 34.5. The molecule has 4 aromatic rings. The number of anilines is 3. The molecule has 16 heteroatoms. The number of nitrogens with one attached hydrogen (secondary N) is 2. The molecule has 0 radical (unpaired) electrons. The molecule has 0 aliphatic carbocycles. The molecule has 54 heavy (non-hydrogen) atoms. The molecule has 1 aliphatic rings. The van der Waals surface area contributed by atoms with Crippen LogP contribution in [0.2, 0.25) is 5.02 Å². The Morgan fingerprint density at radius 1 is 0.963 bits per heavy atom. The minimum Gasteiger partial charge on any atom is -0.489 e. The van der Waals surface area contributed by atoms with Crippen molar-refractivity contribution >= 4 is 63.3 Å². The highest BCUT2D eigenvalue weighted by Crippen LogP contribution is 2.34. The summed E-state index contributed by atoms with van der Waals surface area (Å²) in [5, 5.41) is 15.6. The van der Waals surface area contributed by atoms with Gasteiger partial charge in [0.15, 0.2) is 11.5 Å². The van der Waals surface area contributed by atoms with E-state index in [4.69, 9.17) is 35.7 Å². The van der Waals surface area contributed by atoms with E-state index >= 15 is 0 Å². The number of fused-ring (bicyclic) bond motifs is 1. The third kappa shape index (κ3) is 11.8. The number of rotatable bonds is 14. The van der Waals surface area contributed by atoms with Crippen LogP contribution in [0.1, 0.15) is 47.4 Å². The zero-order valence-corrected chi connectivity index (χ0v) is 31.0. The van der Waals surface area contributed by atoms with E-state index in [1.165, 1.54) is 43.6 Å². The molecule has 1 aliphatic heterocycles. The number of benzene rings is 3. The minimum absolute atomic E-state index is 0.00675. The van der Waals surface area contributed by atoms with Crippen molar-refractivity contribution in [1.82, 2.24) is 14.9 Å². The van der Waals surface area contributed by atoms with Crippen molar-refractivity contribution in [3.63, 3.8) is 0 Å². The van der Waals surface area contributed by atoms with Gasteiger partial charge in [-0.25, -0.2) is 19.2 Å². The predicted octanol–water partition coefficient (Wildman–Crippen LogP) is 6.31. The summed E-state index contributed by atoms with van der Waals surface area (Å²) in [6, 6.07) is 11.9. The molecule has 0 unspecified atom stereocenters. The van der Waals surface area contributed by atoms with Crippen LogP contribution in [0.3, 0.4) is 0 Å². The largest absolute Gasteiger partial charge is 0.489 e. The molecule has 14 nitrogen and oxygen atoms in total. The van der Waals surface area contributed by atoms with Crippen molar-refractivity contribution in [3.05, 3.63) is 88.5 Å². The first kappa shape index (κ1) is 41.3. The van der Waals surface area contributed by atoms with Crippen LogP contribution in [0.25, 0.3) is 10.9 Å². The van der Waals surface area contributed by atoms with Crippen molar-refractivity contribution in [3.8, 4) is 11.5 Å². The van der Waals surface area contributed by atoms with Gasteiger partial charge < -0.3 is 39.6 Å². The Morgan fingerprint density at radius 3 is 2.33 bits per heavy atom. The van der Waals surface area contributed by atoms with Crippen LogP contribution in [0.4, 0.5) is 21.6 Å². The average molecular weight is 766 g/mol. The maximum absolute atomic E-state index is 13.6. The third-order valence-corrected chi connectivity index (χ3v) is 8.33. The van der Waals surface area contributed by atoms with Gasteiger partial charge in [0.25, 0.3) is 0 Å². The summed E-state index contributed by atoms with van der Waals surface area (Å²) >= 11 is 5.94.